The molecule has 0 radical (unpaired) electrons. The van der Waals surface area contributed by atoms with Crippen LogP contribution in [0.25, 0.3) is 0 Å². The molecule has 1 saturated heterocycles. The summed E-state index contributed by atoms with van der Waals surface area (Å²) in [5.74, 6) is 2.43. The highest BCUT2D eigenvalue weighted by Crippen LogP contribution is 2.20. The summed E-state index contributed by atoms with van der Waals surface area (Å²) in [5.41, 5.74) is 1.07. The highest BCUT2D eigenvalue weighted by Gasteiger charge is 2.25. The van der Waals surface area contributed by atoms with Gasteiger partial charge in [-0.05, 0) is 13.3 Å². The third-order valence-electron chi connectivity index (χ3n) is 3.33. The fraction of sp³-hybridized carbons (Fsp3) is 0.714. The van der Waals surface area contributed by atoms with Gasteiger partial charge in [0.25, 0.3) is 0 Å². The summed E-state index contributed by atoms with van der Waals surface area (Å²) in [6.45, 7) is 11.8. The largest absolute Gasteiger partial charge is 0.351 e. The first-order chi connectivity index (χ1) is 8.61. The quantitative estimate of drug-likeness (QED) is 0.866. The lowest BCUT2D eigenvalue weighted by Crippen LogP contribution is -2.57. The van der Waals surface area contributed by atoms with Crippen LogP contribution in [0.3, 0.4) is 0 Å². The maximum atomic E-state index is 4.74. The van der Waals surface area contributed by atoms with E-state index in [1.807, 2.05) is 0 Å². The summed E-state index contributed by atoms with van der Waals surface area (Å²) in [7, 11) is 0. The topological polar surface area (TPSA) is 41.1 Å². The fourth-order valence-corrected chi connectivity index (χ4v) is 2.20. The molecule has 1 fully saturated rings. The Hall–Kier alpha value is -1.16. The van der Waals surface area contributed by atoms with E-state index >= 15 is 0 Å². The maximum absolute atomic E-state index is 4.74. The minimum Gasteiger partial charge on any atom is -0.351 e. The summed E-state index contributed by atoms with van der Waals surface area (Å²) in [6.07, 6.45) is 1.15. The van der Waals surface area contributed by atoms with Gasteiger partial charge in [-0.1, -0.05) is 20.8 Å². The Balaban J connectivity index is 2.27. The SMILES string of the molecule is CCCN(c1cc(C)nc(C(C)C)n1)C1CNC1. The molecule has 1 aliphatic heterocycles. The van der Waals surface area contributed by atoms with Gasteiger partial charge in [0.05, 0.1) is 6.04 Å². The summed E-state index contributed by atoms with van der Waals surface area (Å²) in [4.78, 5) is 11.7. The van der Waals surface area contributed by atoms with Crippen LogP contribution >= 0.6 is 0 Å². The van der Waals surface area contributed by atoms with E-state index in [1.165, 1.54) is 0 Å². The molecule has 0 spiro atoms. The molecule has 1 N–H and O–H groups in total. The van der Waals surface area contributed by atoms with Gasteiger partial charge in [-0.25, -0.2) is 9.97 Å². The Labute approximate surface area is 110 Å². The van der Waals surface area contributed by atoms with Crippen molar-refractivity contribution in [3.8, 4) is 0 Å². The average molecular weight is 248 g/mol. The zero-order valence-corrected chi connectivity index (χ0v) is 11.9. The molecule has 1 aliphatic rings. The summed E-state index contributed by atoms with van der Waals surface area (Å²) >= 11 is 0. The van der Waals surface area contributed by atoms with Crippen LogP contribution in [0.2, 0.25) is 0 Å². The van der Waals surface area contributed by atoms with Crippen molar-refractivity contribution in [2.24, 2.45) is 0 Å². The molecule has 4 heteroatoms. The second-order valence-electron chi connectivity index (χ2n) is 5.39. The zero-order valence-electron chi connectivity index (χ0n) is 11.9. The molecular weight excluding hydrogens is 224 g/mol. The number of anilines is 1. The molecule has 0 aliphatic carbocycles. The molecule has 0 saturated carbocycles. The van der Waals surface area contributed by atoms with Crippen LogP contribution in [0.4, 0.5) is 5.82 Å². The van der Waals surface area contributed by atoms with E-state index in [0.29, 0.717) is 12.0 Å². The van der Waals surface area contributed by atoms with E-state index < -0.39 is 0 Å². The van der Waals surface area contributed by atoms with Gasteiger partial charge in [-0.3, -0.25) is 0 Å². The lowest BCUT2D eigenvalue weighted by atomic mass is 10.1. The molecule has 1 aromatic rings. The highest BCUT2D eigenvalue weighted by atomic mass is 15.3. The van der Waals surface area contributed by atoms with Crippen LogP contribution in [0.15, 0.2) is 6.07 Å². The van der Waals surface area contributed by atoms with E-state index in [-0.39, 0.29) is 0 Å². The van der Waals surface area contributed by atoms with Gasteiger partial charge in [-0.15, -0.1) is 0 Å². The molecule has 2 rings (SSSR count). The monoisotopic (exact) mass is 248 g/mol. The van der Waals surface area contributed by atoms with Crippen molar-refractivity contribution in [1.29, 1.82) is 0 Å². The molecule has 0 bridgehead atoms. The van der Waals surface area contributed by atoms with E-state index in [1.54, 1.807) is 0 Å². The molecule has 0 atom stereocenters. The van der Waals surface area contributed by atoms with Gasteiger partial charge in [0.15, 0.2) is 0 Å². The maximum Gasteiger partial charge on any atom is 0.133 e. The molecule has 4 nitrogen and oxygen atoms in total. The molecule has 100 valence electrons. The second kappa shape index (κ2) is 5.65. The van der Waals surface area contributed by atoms with Crippen molar-refractivity contribution >= 4 is 5.82 Å². The normalized spacial score (nSPS) is 15.8. The molecule has 1 aromatic heterocycles. The van der Waals surface area contributed by atoms with E-state index in [0.717, 1.165) is 43.4 Å². The Morgan fingerprint density at radius 2 is 2.11 bits per heavy atom. The predicted octanol–water partition coefficient (Wildman–Crippen LogP) is 2.10. The van der Waals surface area contributed by atoms with Crippen molar-refractivity contribution < 1.29 is 0 Å². The first-order valence-electron chi connectivity index (χ1n) is 6.94. The van der Waals surface area contributed by atoms with Gasteiger partial charge < -0.3 is 10.2 Å². The number of hydrogen-bond donors (Lipinski definition) is 1. The molecular formula is C14H24N4. The Morgan fingerprint density at radius 3 is 2.61 bits per heavy atom. The minimum atomic E-state index is 0.381. The van der Waals surface area contributed by atoms with Crippen LogP contribution in [-0.4, -0.2) is 35.6 Å². The lowest BCUT2D eigenvalue weighted by Gasteiger charge is -2.39. The molecule has 0 aromatic carbocycles. The minimum absolute atomic E-state index is 0.381. The summed E-state index contributed by atoms with van der Waals surface area (Å²) in [6, 6.07) is 2.71. The number of rotatable bonds is 5. The Bertz CT molecular complexity index is 399. The lowest BCUT2D eigenvalue weighted by molar-refractivity contribution is 0.410. The Morgan fingerprint density at radius 1 is 1.39 bits per heavy atom. The first kappa shape index (κ1) is 13.3. The molecule has 0 amide bonds. The number of nitrogens with one attached hydrogen (secondary N) is 1. The van der Waals surface area contributed by atoms with E-state index in [4.69, 9.17) is 4.98 Å². The smallest absolute Gasteiger partial charge is 0.133 e. The van der Waals surface area contributed by atoms with Crippen molar-refractivity contribution in [1.82, 2.24) is 15.3 Å². The fourth-order valence-electron chi connectivity index (χ4n) is 2.20. The van der Waals surface area contributed by atoms with Crippen LogP contribution in [0, 0.1) is 6.92 Å². The number of hydrogen-bond acceptors (Lipinski definition) is 4. The van der Waals surface area contributed by atoms with E-state index in [9.17, 15) is 0 Å². The molecule has 0 unspecified atom stereocenters. The number of aromatic nitrogens is 2. The predicted molar refractivity (Wildman–Crippen MR) is 75.2 cm³/mol. The standard InChI is InChI=1S/C14H24N4/c1-5-6-18(12-8-15-9-12)13-7-11(4)16-14(17-13)10(2)3/h7,10,12,15H,5-6,8-9H2,1-4H3. The van der Waals surface area contributed by atoms with Crippen molar-refractivity contribution in [3.05, 3.63) is 17.6 Å². The van der Waals surface area contributed by atoms with Crippen molar-refractivity contribution in [2.45, 2.75) is 46.1 Å². The average Bonchev–Trinajstić information content (AvgIpc) is 2.25. The number of aryl methyl sites for hydroxylation is 1. The Kier molecular flexibility index (Phi) is 4.17. The van der Waals surface area contributed by atoms with E-state index in [2.05, 4.69) is 49.0 Å². The number of nitrogens with zero attached hydrogens (tertiary/aromatic N) is 3. The van der Waals surface area contributed by atoms with Crippen LogP contribution in [0.1, 0.15) is 44.6 Å². The van der Waals surface area contributed by atoms with Crippen LogP contribution in [0.5, 0.6) is 0 Å². The van der Waals surface area contributed by atoms with Gasteiger partial charge >= 0.3 is 0 Å². The van der Waals surface area contributed by atoms with Crippen LogP contribution < -0.4 is 10.2 Å². The van der Waals surface area contributed by atoms with Gasteiger partial charge in [0, 0.05) is 37.3 Å². The van der Waals surface area contributed by atoms with Gasteiger partial charge in [0.2, 0.25) is 0 Å². The first-order valence-corrected chi connectivity index (χ1v) is 6.94. The third-order valence-corrected chi connectivity index (χ3v) is 3.33. The molecule has 18 heavy (non-hydrogen) atoms. The summed E-state index contributed by atoms with van der Waals surface area (Å²) in [5, 5.41) is 3.34. The third kappa shape index (κ3) is 2.80. The molecule has 2 heterocycles. The van der Waals surface area contributed by atoms with Crippen molar-refractivity contribution in [2.75, 3.05) is 24.5 Å². The summed E-state index contributed by atoms with van der Waals surface area (Å²) < 4.78 is 0. The van der Waals surface area contributed by atoms with Gasteiger partial charge in [-0.2, -0.15) is 0 Å². The highest BCUT2D eigenvalue weighted by molar-refractivity contribution is 5.42. The van der Waals surface area contributed by atoms with Crippen molar-refractivity contribution in [3.63, 3.8) is 0 Å². The second-order valence-corrected chi connectivity index (χ2v) is 5.39. The van der Waals surface area contributed by atoms with Crippen LogP contribution in [-0.2, 0) is 0 Å². The zero-order chi connectivity index (χ0) is 13.1. The van der Waals surface area contributed by atoms with Gasteiger partial charge in [0.1, 0.15) is 11.6 Å².